The number of aryl methyl sites for hydroxylation is 1. The molecule has 0 unspecified atom stereocenters. The molecule has 2 aromatic rings. The van der Waals surface area contributed by atoms with Crippen LogP contribution >= 0.6 is 0 Å². The molecule has 0 aliphatic rings. The summed E-state index contributed by atoms with van der Waals surface area (Å²) >= 11 is 0. The molecule has 21 heavy (non-hydrogen) atoms. The van der Waals surface area contributed by atoms with Crippen molar-refractivity contribution in [1.29, 1.82) is 0 Å². The van der Waals surface area contributed by atoms with Gasteiger partial charge in [-0.05, 0) is 18.2 Å². The molecule has 0 spiro atoms. The van der Waals surface area contributed by atoms with Gasteiger partial charge in [0, 0.05) is 17.4 Å². The molecular weight excluding hydrogens is 340 g/mol. The maximum atomic E-state index is 11.3. The molecule has 2 rings (SSSR count). The van der Waals surface area contributed by atoms with Crippen molar-refractivity contribution in [2.24, 2.45) is 10.2 Å². The number of aromatic nitrogens is 2. The van der Waals surface area contributed by atoms with Crippen LogP contribution in [0.3, 0.4) is 0 Å². The number of benzene rings is 1. The third-order valence-electron chi connectivity index (χ3n) is 2.39. The number of nitrogens with one attached hydrogen (secondary N) is 1. The number of hydrogen-bond acceptors (Lipinski definition) is 7. The summed E-state index contributed by atoms with van der Waals surface area (Å²) in [6.07, 6.45) is 0. The van der Waals surface area contributed by atoms with Gasteiger partial charge in [-0.25, -0.2) is 5.10 Å². The van der Waals surface area contributed by atoms with Crippen LogP contribution in [0.4, 0.5) is 11.4 Å². The Hall–Kier alpha value is -1.93. The molecule has 9 nitrogen and oxygen atoms in total. The fraction of sp³-hybridized carbons (Fsp3) is 0.100. The number of phenolic OH excluding ortho intramolecular Hbond substituents is 1. The van der Waals surface area contributed by atoms with Gasteiger partial charge in [0.1, 0.15) is 17.0 Å². The van der Waals surface area contributed by atoms with Gasteiger partial charge in [0.2, 0.25) is 0 Å². The number of H-pyrrole nitrogens is 1. The SMILES string of the molecule is Cc1n[nH]c(=O)[c-]1N=Nc1cc(S(=O)(=O)O)ccc1O.[Cr].[H+]. The van der Waals surface area contributed by atoms with Crippen LogP contribution in [0.2, 0.25) is 0 Å². The Bertz CT molecular complexity index is 845. The summed E-state index contributed by atoms with van der Waals surface area (Å²) in [6.45, 7) is 1.53. The molecule has 0 aliphatic heterocycles. The van der Waals surface area contributed by atoms with Crippen molar-refractivity contribution in [3.05, 3.63) is 34.2 Å². The molecule has 3 N–H and O–H groups in total. The standard InChI is InChI=1S/C10H9N4O5S.Cr/c1-5-9(10(16)14-11-5)13-12-7-4-6(20(17,18)19)2-3-8(7)15;/h2-4,15H,1H3,(H,14,16)(H,17,18,19);/q-1;/p+1. The van der Waals surface area contributed by atoms with E-state index in [4.69, 9.17) is 4.55 Å². The van der Waals surface area contributed by atoms with Crippen LogP contribution in [0.15, 0.2) is 38.1 Å². The largest absolute Gasteiger partial charge is 1.00 e. The van der Waals surface area contributed by atoms with Crippen molar-refractivity contribution in [3.63, 3.8) is 0 Å². The van der Waals surface area contributed by atoms with E-state index >= 15 is 0 Å². The molecule has 0 bridgehead atoms. The van der Waals surface area contributed by atoms with Crippen molar-refractivity contribution in [1.82, 2.24) is 10.2 Å². The van der Waals surface area contributed by atoms with E-state index in [9.17, 15) is 18.3 Å². The maximum Gasteiger partial charge on any atom is 1.00 e. The van der Waals surface area contributed by atoms with Gasteiger partial charge in [0.25, 0.3) is 10.1 Å². The number of aromatic amines is 1. The summed E-state index contributed by atoms with van der Waals surface area (Å²) in [7, 11) is -4.42. The van der Waals surface area contributed by atoms with Gasteiger partial charge in [0.05, 0.1) is 4.90 Å². The van der Waals surface area contributed by atoms with Gasteiger partial charge in [0.15, 0.2) is 0 Å². The molecule has 112 valence electrons. The Balaban J connectivity index is 0.00000220. The van der Waals surface area contributed by atoms with E-state index in [0.29, 0.717) is 5.69 Å². The van der Waals surface area contributed by atoms with E-state index in [1.165, 1.54) is 6.92 Å². The molecule has 1 aromatic carbocycles. The molecule has 0 aliphatic carbocycles. The molecule has 11 heteroatoms. The zero-order chi connectivity index (χ0) is 14.9. The van der Waals surface area contributed by atoms with Gasteiger partial charge in [-0.3, -0.25) is 9.65 Å². The summed E-state index contributed by atoms with van der Waals surface area (Å²) in [5.74, 6) is -0.352. The number of hydrogen-bond donors (Lipinski definition) is 3. The Kier molecular flexibility index (Phi) is 5.08. The first-order valence-electron chi connectivity index (χ1n) is 5.23. The quantitative estimate of drug-likeness (QED) is 0.432. The van der Waals surface area contributed by atoms with E-state index in [2.05, 4.69) is 20.4 Å². The molecule has 1 heterocycles. The Morgan fingerprint density at radius 2 is 2.10 bits per heavy atom. The number of aromatic hydroxyl groups is 1. The number of azo groups is 1. The summed E-state index contributed by atoms with van der Waals surface area (Å²) in [4.78, 5) is 10.9. The van der Waals surface area contributed by atoms with Crippen molar-refractivity contribution in [2.75, 3.05) is 0 Å². The Morgan fingerprint density at radius 3 is 2.62 bits per heavy atom. The first-order chi connectivity index (χ1) is 9.29. The van der Waals surface area contributed by atoms with Gasteiger partial charge < -0.3 is 15.0 Å². The number of rotatable bonds is 3. The molecular formula is C10H10CrN4O5S. The zero-order valence-electron chi connectivity index (χ0n) is 11.5. The molecule has 0 saturated carbocycles. The van der Waals surface area contributed by atoms with E-state index in [1.807, 2.05) is 0 Å². The molecule has 0 saturated heterocycles. The second-order valence-electron chi connectivity index (χ2n) is 3.81. The molecule has 0 fully saturated rings. The number of nitrogens with zero attached hydrogens (tertiary/aromatic N) is 3. The van der Waals surface area contributed by atoms with Crippen LogP contribution in [0.25, 0.3) is 0 Å². The van der Waals surface area contributed by atoms with Crippen molar-refractivity contribution >= 4 is 21.5 Å². The zero-order valence-corrected chi connectivity index (χ0v) is 12.6. The topological polar surface area (TPSA) is 145 Å². The van der Waals surface area contributed by atoms with Gasteiger partial charge >= 0.3 is 1.43 Å². The van der Waals surface area contributed by atoms with Crippen LogP contribution in [0.1, 0.15) is 7.12 Å². The second-order valence-corrected chi connectivity index (χ2v) is 5.23. The van der Waals surface area contributed by atoms with Crippen molar-refractivity contribution in [2.45, 2.75) is 11.8 Å². The minimum atomic E-state index is -4.42. The van der Waals surface area contributed by atoms with Crippen LogP contribution in [0.5, 0.6) is 5.75 Å². The first-order valence-corrected chi connectivity index (χ1v) is 6.67. The minimum absolute atomic E-state index is 0. The summed E-state index contributed by atoms with van der Waals surface area (Å²) in [5, 5.41) is 22.5. The second kappa shape index (κ2) is 6.23. The predicted octanol–water partition coefficient (Wildman–Crippen LogP) is 1.27. The number of phenols is 1. The van der Waals surface area contributed by atoms with Crippen molar-refractivity contribution in [3.8, 4) is 5.75 Å². The summed E-state index contributed by atoms with van der Waals surface area (Å²) < 4.78 is 30.8. The van der Waals surface area contributed by atoms with E-state index in [0.717, 1.165) is 18.2 Å². The Morgan fingerprint density at radius 1 is 1.43 bits per heavy atom. The summed E-state index contributed by atoms with van der Waals surface area (Å²) in [6, 6.07) is 2.97. The van der Waals surface area contributed by atoms with Crippen LogP contribution in [-0.4, -0.2) is 28.3 Å². The van der Waals surface area contributed by atoms with Gasteiger partial charge in [-0.15, -0.1) is 5.69 Å². The van der Waals surface area contributed by atoms with Crippen molar-refractivity contribution < 1.29 is 36.9 Å². The monoisotopic (exact) mass is 350 g/mol. The fourth-order valence-corrected chi connectivity index (χ4v) is 1.87. The molecule has 0 atom stereocenters. The van der Waals surface area contributed by atoms with E-state index < -0.39 is 20.6 Å². The first kappa shape index (κ1) is 17.1. The maximum absolute atomic E-state index is 11.3. The van der Waals surface area contributed by atoms with E-state index in [1.54, 1.807) is 0 Å². The van der Waals surface area contributed by atoms with Crippen LogP contribution in [-0.2, 0) is 27.5 Å². The third kappa shape index (κ3) is 3.80. The average Bonchev–Trinajstić information content (AvgIpc) is 2.67. The normalized spacial score (nSPS) is 11.5. The van der Waals surface area contributed by atoms with Crippen LogP contribution < -0.4 is 5.56 Å². The summed E-state index contributed by atoms with van der Waals surface area (Å²) in [5.41, 5.74) is -0.511. The molecule has 1 aromatic heterocycles. The molecule has 0 amide bonds. The fourth-order valence-electron chi connectivity index (χ4n) is 1.37. The smallest absolute Gasteiger partial charge is 0.506 e. The minimum Gasteiger partial charge on any atom is -0.506 e. The molecule has 0 radical (unpaired) electrons. The predicted molar refractivity (Wildman–Crippen MR) is 68.4 cm³/mol. The van der Waals surface area contributed by atoms with Gasteiger partial charge in [-0.2, -0.15) is 13.5 Å². The Labute approximate surface area is 131 Å². The average molecular weight is 350 g/mol. The van der Waals surface area contributed by atoms with Crippen LogP contribution in [0, 0.1) is 6.92 Å². The van der Waals surface area contributed by atoms with Gasteiger partial charge in [-0.1, -0.05) is 12.6 Å². The third-order valence-corrected chi connectivity index (χ3v) is 3.24. The van der Waals surface area contributed by atoms with E-state index in [-0.39, 0.29) is 35.9 Å².